The van der Waals surface area contributed by atoms with E-state index in [-0.39, 0.29) is 5.78 Å². The van der Waals surface area contributed by atoms with Crippen molar-refractivity contribution in [1.82, 2.24) is 9.97 Å². The molecule has 1 aliphatic rings. The summed E-state index contributed by atoms with van der Waals surface area (Å²) in [5.41, 5.74) is 4.21. The number of aromatic nitrogens is 2. The third-order valence-electron chi connectivity index (χ3n) is 4.45. The van der Waals surface area contributed by atoms with Gasteiger partial charge in [0.15, 0.2) is 0 Å². The lowest BCUT2D eigenvalue weighted by molar-refractivity contribution is -0.117. The Morgan fingerprint density at radius 1 is 1.17 bits per heavy atom. The van der Waals surface area contributed by atoms with Gasteiger partial charge in [0.1, 0.15) is 5.78 Å². The van der Waals surface area contributed by atoms with Crippen LogP contribution in [0.3, 0.4) is 0 Å². The van der Waals surface area contributed by atoms with Gasteiger partial charge in [0, 0.05) is 41.8 Å². The minimum atomic E-state index is 0.194. The summed E-state index contributed by atoms with van der Waals surface area (Å²) in [6.45, 7) is 0. The molecular weight excluding hydrogens is 320 g/mol. The van der Waals surface area contributed by atoms with Crippen molar-refractivity contribution in [3.8, 4) is 0 Å². The predicted octanol–water partition coefficient (Wildman–Crippen LogP) is 4.51. The monoisotopic (exact) mass is 336 g/mol. The predicted molar refractivity (Wildman–Crippen MR) is 95.4 cm³/mol. The molecule has 0 radical (unpaired) electrons. The van der Waals surface area contributed by atoms with Crippen LogP contribution in [0.1, 0.15) is 35.4 Å². The first kappa shape index (κ1) is 15.3. The molecule has 1 aliphatic carbocycles. The molecule has 4 rings (SSSR count). The summed E-state index contributed by atoms with van der Waals surface area (Å²) in [6, 6.07) is 9.63. The molecule has 0 amide bonds. The minimum absolute atomic E-state index is 0.194. The van der Waals surface area contributed by atoms with E-state index in [1.165, 1.54) is 18.4 Å². The maximum Gasteiger partial charge on any atom is 0.141 e. The van der Waals surface area contributed by atoms with Crippen molar-refractivity contribution in [2.75, 3.05) is 0 Å². The second-order valence-electron chi connectivity index (χ2n) is 6.39. The first-order valence-electron chi connectivity index (χ1n) is 8.18. The molecular formula is C20H17ClN2O. The molecule has 0 bridgehead atoms. The number of carbonyl (C=O) groups excluding carboxylic acids is 1. The van der Waals surface area contributed by atoms with Crippen LogP contribution in [-0.4, -0.2) is 15.8 Å². The highest BCUT2D eigenvalue weighted by molar-refractivity contribution is 6.31. The summed E-state index contributed by atoms with van der Waals surface area (Å²) in [6.07, 6.45) is 8.53. The van der Waals surface area contributed by atoms with Crippen LogP contribution in [0.2, 0.25) is 5.02 Å². The molecule has 4 heteroatoms. The number of carbonyl (C=O) groups is 1. The Hall–Kier alpha value is -2.26. The van der Waals surface area contributed by atoms with E-state index in [2.05, 4.69) is 9.97 Å². The van der Waals surface area contributed by atoms with Gasteiger partial charge in [-0.3, -0.25) is 14.8 Å². The maximum atomic E-state index is 12.5. The number of benzene rings is 1. The Morgan fingerprint density at radius 2 is 2.04 bits per heavy atom. The molecule has 0 N–H and O–H groups in total. The average Bonchev–Trinajstić information content (AvgIpc) is 3.40. The van der Waals surface area contributed by atoms with Gasteiger partial charge in [0.2, 0.25) is 0 Å². The van der Waals surface area contributed by atoms with Crippen molar-refractivity contribution >= 4 is 28.3 Å². The van der Waals surface area contributed by atoms with E-state index >= 15 is 0 Å². The van der Waals surface area contributed by atoms with Gasteiger partial charge in [0.05, 0.1) is 5.52 Å². The van der Waals surface area contributed by atoms with E-state index < -0.39 is 0 Å². The number of hydrogen-bond donors (Lipinski definition) is 0. The molecule has 24 heavy (non-hydrogen) atoms. The van der Waals surface area contributed by atoms with Crippen LogP contribution in [0.15, 0.2) is 48.9 Å². The number of Topliss-reactive ketones (excluding diaryl/α,β-unsaturated/α-hetero) is 1. The number of rotatable bonds is 5. The first-order chi connectivity index (χ1) is 11.7. The zero-order valence-corrected chi connectivity index (χ0v) is 14.0. The van der Waals surface area contributed by atoms with Gasteiger partial charge < -0.3 is 0 Å². The van der Waals surface area contributed by atoms with Gasteiger partial charge in [-0.2, -0.15) is 0 Å². The van der Waals surface area contributed by atoms with Crippen LogP contribution in [0, 0.1) is 0 Å². The fourth-order valence-corrected chi connectivity index (χ4v) is 3.40. The Morgan fingerprint density at radius 3 is 2.79 bits per heavy atom. The van der Waals surface area contributed by atoms with E-state index in [1.807, 2.05) is 36.5 Å². The van der Waals surface area contributed by atoms with Crippen molar-refractivity contribution in [2.24, 2.45) is 0 Å². The van der Waals surface area contributed by atoms with Crippen molar-refractivity contribution in [1.29, 1.82) is 0 Å². The van der Waals surface area contributed by atoms with Gasteiger partial charge in [0.25, 0.3) is 0 Å². The van der Waals surface area contributed by atoms with Gasteiger partial charge in [-0.25, -0.2) is 0 Å². The third kappa shape index (κ3) is 3.17. The molecule has 3 nitrogen and oxygen atoms in total. The third-order valence-corrected chi connectivity index (χ3v) is 4.69. The Balaban J connectivity index is 1.65. The standard InChI is InChI=1S/C20H17ClN2O/c21-16-5-6-18-19(10-16)23-12-15(20(18)14-3-4-14)9-17(24)8-13-2-1-7-22-11-13/h1-2,5-7,10-12,14H,3-4,8-9H2. The number of halogens is 1. The van der Waals surface area contributed by atoms with Crippen molar-refractivity contribution < 1.29 is 4.79 Å². The van der Waals surface area contributed by atoms with Crippen LogP contribution < -0.4 is 0 Å². The average molecular weight is 337 g/mol. The maximum absolute atomic E-state index is 12.5. The minimum Gasteiger partial charge on any atom is -0.299 e. The topological polar surface area (TPSA) is 42.9 Å². The number of pyridine rings is 2. The zero-order valence-electron chi connectivity index (χ0n) is 13.2. The highest BCUT2D eigenvalue weighted by atomic mass is 35.5. The summed E-state index contributed by atoms with van der Waals surface area (Å²) < 4.78 is 0. The molecule has 120 valence electrons. The highest BCUT2D eigenvalue weighted by Crippen LogP contribution is 2.45. The smallest absolute Gasteiger partial charge is 0.141 e. The van der Waals surface area contributed by atoms with E-state index in [9.17, 15) is 4.79 Å². The lowest BCUT2D eigenvalue weighted by Crippen LogP contribution is -2.09. The molecule has 1 aromatic carbocycles. The summed E-state index contributed by atoms with van der Waals surface area (Å²) in [5, 5.41) is 1.82. The molecule has 0 atom stereocenters. The van der Waals surface area contributed by atoms with Crippen LogP contribution in [0.5, 0.6) is 0 Å². The normalized spacial score (nSPS) is 14.0. The van der Waals surface area contributed by atoms with E-state index in [4.69, 9.17) is 11.6 Å². The molecule has 3 aromatic rings. The van der Waals surface area contributed by atoms with Crippen molar-refractivity contribution in [2.45, 2.75) is 31.6 Å². The molecule has 2 heterocycles. The second kappa shape index (κ2) is 6.33. The van der Waals surface area contributed by atoms with Gasteiger partial charge >= 0.3 is 0 Å². The molecule has 1 saturated carbocycles. The molecule has 0 aliphatic heterocycles. The Bertz CT molecular complexity index is 904. The fraction of sp³-hybridized carbons (Fsp3) is 0.250. The van der Waals surface area contributed by atoms with Crippen molar-refractivity contribution in [3.05, 3.63) is 70.6 Å². The van der Waals surface area contributed by atoms with Gasteiger partial charge in [-0.05, 0) is 53.6 Å². The van der Waals surface area contributed by atoms with Crippen molar-refractivity contribution in [3.63, 3.8) is 0 Å². The summed E-state index contributed by atoms with van der Waals surface area (Å²) in [5.74, 6) is 0.748. The summed E-state index contributed by atoms with van der Waals surface area (Å²) >= 11 is 6.08. The Labute approximate surface area is 145 Å². The van der Waals surface area contributed by atoms with Crippen LogP contribution in [-0.2, 0) is 17.6 Å². The van der Waals surface area contributed by atoms with Crippen LogP contribution in [0.25, 0.3) is 10.9 Å². The molecule has 0 unspecified atom stereocenters. The summed E-state index contributed by atoms with van der Waals surface area (Å²) in [4.78, 5) is 21.1. The molecule has 0 saturated heterocycles. The largest absolute Gasteiger partial charge is 0.299 e. The van der Waals surface area contributed by atoms with Crippen LogP contribution >= 0.6 is 11.6 Å². The number of fused-ring (bicyclic) bond motifs is 1. The molecule has 2 aromatic heterocycles. The number of nitrogens with zero attached hydrogens (tertiary/aromatic N) is 2. The highest BCUT2D eigenvalue weighted by Gasteiger charge is 2.28. The number of ketones is 1. The zero-order chi connectivity index (χ0) is 16.5. The van der Waals surface area contributed by atoms with Crippen LogP contribution in [0.4, 0.5) is 0 Å². The van der Waals surface area contributed by atoms with E-state index in [0.29, 0.717) is 23.8 Å². The quantitative estimate of drug-likeness (QED) is 0.688. The summed E-state index contributed by atoms with van der Waals surface area (Å²) in [7, 11) is 0. The fourth-order valence-electron chi connectivity index (χ4n) is 3.23. The Kier molecular flexibility index (Phi) is 4.03. The molecule has 0 spiro atoms. The lowest BCUT2D eigenvalue weighted by Gasteiger charge is -2.12. The molecule has 1 fully saturated rings. The van der Waals surface area contributed by atoms with E-state index in [0.717, 1.165) is 22.0 Å². The number of hydrogen-bond acceptors (Lipinski definition) is 3. The van der Waals surface area contributed by atoms with Gasteiger partial charge in [-0.1, -0.05) is 23.7 Å². The lowest BCUT2D eigenvalue weighted by atomic mass is 9.95. The second-order valence-corrected chi connectivity index (χ2v) is 6.82. The van der Waals surface area contributed by atoms with E-state index in [1.54, 1.807) is 12.4 Å². The first-order valence-corrected chi connectivity index (χ1v) is 8.56. The SMILES string of the molecule is O=C(Cc1cccnc1)Cc1cnc2cc(Cl)ccc2c1C1CC1. The van der Waals surface area contributed by atoms with Gasteiger partial charge in [-0.15, -0.1) is 0 Å².